The van der Waals surface area contributed by atoms with Crippen LogP contribution in [0.15, 0.2) is 52.3 Å². The fourth-order valence-electron chi connectivity index (χ4n) is 2.11. The molecule has 0 radical (unpaired) electrons. The van der Waals surface area contributed by atoms with Gasteiger partial charge in [0.25, 0.3) is 0 Å². The molecule has 26 heavy (non-hydrogen) atoms. The number of sulfonamides is 1. The number of anilines is 1. The largest absolute Gasteiger partial charge is 0.325 e. The van der Waals surface area contributed by atoms with Crippen molar-refractivity contribution in [2.45, 2.75) is 28.9 Å². The van der Waals surface area contributed by atoms with E-state index in [4.69, 9.17) is 11.6 Å². The maximum Gasteiger partial charge on any atom is 0.242 e. The molecule has 0 saturated carbocycles. The summed E-state index contributed by atoms with van der Waals surface area (Å²) in [6, 6.07) is 12.0. The molecule has 0 heterocycles. The normalized spacial score (nSPS) is 12.8. The fraction of sp³-hybridized carbons (Fsp3) is 0.278. The van der Waals surface area contributed by atoms with Gasteiger partial charge < -0.3 is 5.32 Å². The zero-order valence-corrected chi connectivity index (χ0v) is 17.4. The second kappa shape index (κ2) is 8.43. The number of nitrogens with one attached hydrogen (secondary N) is 1. The Hall–Kier alpha value is -1.54. The second-order valence-electron chi connectivity index (χ2n) is 5.97. The Balaban J connectivity index is 2.16. The van der Waals surface area contributed by atoms with E-state index in [0.29, 0.717) is 10.7 Å². The molecule has 2 aromatic rings. The number of carbonyl (C=O) groups excluding carboxylic acids is 1. The van der Waals surface area contributed by atoms with E-state index in [1.54, 1.807) is 25.1 Å². The number of halogens is 1. The molecule has 0 aliphatic carbocycles. The standard InChI is InChI=1S/C18H21ClN2O3S2/c1-12-5-10-16(26(23,24)21(3)4)11-17(12)20-18(22)13(2)25-15-8-6-14(19)7-9-15/h5-11,13H,1-4H3,(H,20,22). The summed E-state index contributed by atoms with van der Waals surface area (Å²) in [5, 5.41) is 3.11. The Bertz CT molecular complexity index is 897. The van der Waals surface area contributed by atoms with Gasteiger partial charge in [-0.3, -0.25) is 4.79 Å². The first-order valence-electron chi connectivity index (χ1n) is 7.87. The molecule has 1 atom stereocenters. The molecular formula is C18H21ClN2O3S2. The molecule has 0 aromatic heterocycles. The third-order valence-electron chi connectivity index (χ3n) is 3.74. The quantitative estimate of drug-likeness (QED) is 0.727. The van der Waals surface area contributed by atoms with Crippen molar-refractivity contribution in [1.82, 2.24) is 4.31 Å². The maximum absolute atomic E-state index is 12.5. The van der Waals surface area contributed by atoms with E-state index in [1.165, 1.54) is 38.0 Å². The van der Waals surface area contributed by atoms with Gasteiger partial charge in [0.15, 0.2) is 0 Å². The van der Waals surface area contributed by atoms with E-state index in [1.807, 2.05) is 19.1 Å². The number of benzene rings is 2. The lowest BCUT2D eigenvalue weighted by Gasteiger charge is -2.16. The lowest BCUT2D eigenvalue weighted by Crippen LogP contribution is -2.24. The van der Waals surface area contributed by atoms with Gasteiger partial charge in [-0.2, -0.15) is 0 Å². The highest BCUT2D eigenvalue weighted by Crippen LogP contribution is 2.27. The number of carbonyl (C=O) groups is 1. The van der Waals surface area contributed by atoms with Gasteiger partial charge >= 0.3 is 0 Å². The zero-order valence-electron chi connectivity index (χ0n) is 15.0. The second-order valence-corrected chi connectivity index (χ2v) is 9.97. The minimum Gasteiger partial charge on any atom is -0.325 e. The first-order valence-corrected chi connectivity index (χ1v) is 10.6. The van der Waals surface area contributed by atoms with Crippen molar-refractivity contribution < 1.29 is 13.2 Å². The van der Waals surface area contributed by atoms with E-state index < -0.39 is 10.0 Å². The van der Waals surface area contributed by atoms with Gasteiger partial charge in [0.2, 0.25) is 15.9 Å². The Morgan fingerprint density at radius 1 is 1.15 bits per heavy atom. The van der Waals surface area contributed by atoms with Gasteiger partial charge in [0.05, 0.1) is 10.1 Å². The number of thioether (sulfide) groups is 1. The van der Waals surface area contributed by atoms with E-state index >= 15 is 0 Å². The zero-order chi connectivity index (χ0) is 19.5. The van der Waals surface area contributed by atoms with Gasteiger partial charge in [-0.15, -0.1) is 11.8 Å². The summed E-state index contributed by atoms with van der Waals surface area (Å²) in [7, 11) is -0.619. The Kier molecular flexibility index (Phi) is 6.74. The summed E-state index contributed by atoms with van der Waals surface area (Å²) in [6.45, 7) is 3.61. The third kappa shape index (κ3) is 5.01. The van der Waals surface area contributed by atoms with E-state index in [9.17, 15) is 13.2 Å². The summed E-state index contributed by atoms with van der Waals surface area (Å²) >= 11 is 7.27. The molecule has 1 N–H and O–H groups in total. The minimum absolute atomic E-state index is 0.140. The van der Waals surface area contributed by atoms with Crippen LogP contribution in [-0.4, -0.2) is 38.0 Å². The van der Waals surface area contributed by atoms with Crippen LogP contribution in [0.5, 0.6) is 0 Å². The van der Waals surface area contributed by atoms with Crippen LogP contribution in [0, 0.1) is 6.92 Å². The third-order valence-corrected chi connectivity index (χ3v) is 6.92. The van der Waals surface area contributed by atoms with Gasteiger partial charge in [0.1, 0.15) is 0 Å². The topological polar surface area (TPSA) is 66.5 Å². The summed E-state index contributed by atoms with van der Waals surface area (Å²) in [5.74, 6) is -0.201. The van der Waals surface area contributed by atoms with Crippen molar-refractivity contribution in [2.24, 2.45) is 0 Å². The molecule has 0 spiro atoms. The molecule has 1 amide bonds. The van der Waals surface area contributed by atoms with Crippen LogP contribution >= 0.6 is 23.4 Å². The molecule has 0 bridgehead atoms. The van der Waals surface area contributed by atoms with Crippen molar-refractivity contribution in [3.63, 3.8) is 0 Å². The van der Waals surface area contributed by atoms with E-state index in [-0.39, 0.29) is 16.1 Å². The van der Waals surface area contributed by atoms with Gasteiger partial charge in [-0.25, -0.2) is 12.7 Å². The molecule has 5 nitrogen and oxygen atoms in total. The summed E-state index contributed by atoms with van der Waals surface area (Å²) in [4.78, 5) is 13.6. The molecule has 140 valence electrons. The first-order chi connectivity index (χ1) is 12.1. The van der Waals surface area contributed by atoms with Crippen LogP contribution in [0.3, 0.4) is 0 Å². The smallest absolute Gasteiger partial charge is 0.242 e. The van der Waals surface area contributed by atoms with Crippen molar-refractivity contribution in [3.05, 3.63) is 53.1 Å². The Morgan fingerprint density at radius 3 is 2.35 bits per heavy atom. The summed E-state index contributed by atoms with van der Waals surface area (Å²) in [5.41, 5.74) is 1.28. The molecule has 2 aromatic carbocycles. The monoisotopic (exact) mass is 412 g/mol. The molecule has 0 saturated heterocycles. The average molecular weight is 413 g/mol. The Labute approximate surface area is 163 Å². The molecule has 1 unspecified atom stereocenters. The van der Waals surface area contributed by atoms with Crippen molar-refractivity contribution >= 4 is 45.0 Å². The maximum atomic E-state index is 12.5. The van der Waals surface area contributed by atoms with Gasteiger partial charge in [0, 0.05) is 29.7 Å². The predicted molar refractivity (Wildman–Crippen MR) is 107 cm³/mol. The highest BCUT2D eigenvalue weighted by atomic mass is 35.5. The predicted octanol–water partition coefficient (Wildman–Crippen LogP) is 4.02. The Morgan fingerprint density at radius 2 is 1.77 bits per heavy atom. The van der Waals surface area contributed by atoms with Crippen LogP contribution in [0.2, 0.25) is 5.02 Å². The number of nitrogens with zero attached hydrogens (tertiary/aromatic N) is 1. The highest BCUT2D eigenvalue weighted by molar-refractivity contribution is 8.00. The fourth-order valence-corrected chi connectivity index (χ4v) is 4.03. The number of hydrogen-bond donors (Lipinski definition) is 1. The van der Waals surface area contributed by atoms with Crippen molar-refractivity contribution in [1.29, 1.82) is 0 Å². The average Bonchev–Trinajstić information content (AvgIpc) is 2.58. The van der Waals surface area contributed by atoms with Crippen LogP contribution < -0.4 is 5.32 Å². The highest BCUT2D eigenvalue weighted by Gasteiger charge is 2.20. The first kappa shape index (κ1) is 20.8. The molecule has 0 aliphatic heterocycles. The van der Waals surface area contributed by atoms with E-state index in [0.717, 1.165) is 14.8 Å². The summed E-state index contributed by atoms with van der Waals surface area (Å²) < 4.78 is 25.7. The molecule has 8 heteroatoms. The number of aryl methyl sites for hydroxylation is 1. The molecule has 0 fully saturated rings. The number of rotatable bonds is 6. The van der Waals surface area contributed by atoms with Gasteiger partial charge in [-0.05, 0) is 55.8 Å². The molecule has 0 aliphatic rings. The SMILES string of the molecule is Cc1ccc(S(=O)(=O)N(C)C)cc1NC(=O)C(C)Sc1ccc(Cl)cc1. The van der Waals surface area contributed by atoms with Crippen LogP contribution in [0.1, 0.15) is 12.5 Å². The van der Waals surface area contributed by atoms with Crippen molar-refractivity contribution in [2.75, 3.05) is 19.4 Å². The minimum atomic E-state index is -3.56. The number of amides is 1. The van der Waals surface area contributed by atoms with Crippen molar-refractivity contribution in [3.8, 4) is 0 Å². The lowest BCUT2D eigenvalue weighted by molar-refractivity contribution is -0.115. The van der Waals surface area contributed by atoms with Gasteiger partial charge in [-0.1, -0.05) is 17.7 Å². The lowest BCUT2D eigenvalue weighted by atomic mass is 10.2. The molecule has 2 rings (SSSR count). The van der Waals surface area contributed by atoms with E-state index in [2.05, 4.69) is 5.32 Å². The van der Waals surface area contributed by atoms with Crippen LogP contribution in [0.25, 0.3) is 0 Å². The summed E-state index contributed by atoms with van der Waals surface area (Å²) in [6.07, 6.45) is 0. The number of hydrogen-bond acceptors (Lipinski definition) is 4. The van der Waals surface area contributed by atoms with Crippen LogP contribution in [0.4, 0.5) is 5.69 Å². The molecular weight excluding hydrogens is 392 g/mol. The van der Waals surface area contributed by atoms with Crippen LogP contribution in [-0.2, 0) is 14.8 Å².